The zero-order valence-corrected chi connectivity index (χ0v) is 12.7. The Morgan fingerprint density at radius 1 is 1.26 bits per heavy atom. The van der Waals surface area contributed by atoms with Crippen LogP contribution in [0.1, 0.15) is 24.4 Å². The van der Waals surface area contributed by atoms with E-state index < -0.39 is 6.10 Å². The van der Waals surface area contributed by atoms with Gasteiger partial charge < -0.3 is 15.0 Å². The third kappa shape index (κ3) is 2.54. The normalized spacial score (nSPS) is 17.5. The van der Waals surface area contributed by atoms with Crippen LogP contribution in [0.25, 0.3) is 11.0 Å². The third-order valence-corrected chi connectivity index (χ3v) is 4.12. The molecule has 2 N–H and O–H groups in total. The first kappa shape index (κ1) is 13.8. The quantitative estimate of drug-likeness (QED) is 0.782. The fourth-order valence-corrected chi connectivity index (χ4v) is 2.88. The van der Waals surface area contributed by atoms with Crippen LogP contribution in [0.15, 0.2) is 48.5 Å². The standard InChI is InChI=1S/C18H17N3O2/c1-11(17-20-13-7-3-4-8-14(13)21-17)19-18(22)16-10-12-6-2-5-9-15(12)23-16/h2-9,11,16H,10H2,1H3,(H,19,22)(H,20,21)/t11-,16?/m0/s1. The van der Waals surface area contributed by atoms with E-state index in [0.29, 0.717) is 6.42 Å². The van der Waals surface area contributed by atoms with Gasteiger partial charge in [0.2, 0.25) is 0 Å². The summed E-state index contributed by atoms with van der Waals surface area (Å²) in [4.78, 5) is 20.2. The number of hydrogen-bond acceptors (Lipinski definition) is 3. The van der Waals surface area contributed by atoms with Gasteiger partial charge in [0.15, 0.2) is 6.10 Å². The molecule has 1 aliphatic heterocycles. The van der Waals surface area contributed by atoms with Crippen LogP contribution in [0.5, 0.6) is 5.75 Å². The molecule has 2 aromatic carbocycles. The van der Waals surface area contributed by atoms with Gasteiger partial charge in [-0.3, -0.25) is 4.79 Å². The molecule has 0 saturated heterocycles. The Morgan fingerprint density at radius 3 is 2.87 bits per heavy atom. The number of benzene rings is 2. The molecule has 4 rings (SSSR count). The van der Waals surface area contributed by atoms with Crippen LogP contribution in [0.4, 0.5) is 0 Å². The molecular weight excluding hydrogens is 290 g/mol. The highest BCUT2D eigenvalue weighted by Crippen LogP contribution is 2.28. The number of fused-ring (bicyclic) bond motifs is 2. The summed E-state index contributed by atoms with van der Waals surface area (Å²) in [6.45, 7) is 1.91. The van der Waals surface area contributed by atoms with Crippen molar-refractivity contribution in [3.63, 3.8) is 0 Å². The number of nitrogens with zero attached hydrogens (tertiary/aromatic N) is 1. The molecule has 5 heteroatoms. The topological polar surface area (TPSA) is 67.0 Å². The van der Waals surface area contributed by atoms with E-state index in [9.17, 15) is 4.79 Å². The lowest BCUT2D eigenvalue weighted by molar-refractivity contribution is -0.127. The zero-order chi connectivity index (χ0) is 15.8. The summed E-state index contributed by atoms with van der Waals surface area (Å²) in [5.74, 6) is 1.42. The highest BCUT2D eigenvalue weighted by atomic mass is 16.5. The van der Waals surface area contributed by atoms with E-state index in [0.717, 1.165) is 28.2 Å². The van der Waals surface area contributed by atoms with Crippen molar-refractivity contribution in [3.8, 4) is 5.75 Å². The molecule has 1 aliphatic rings. The van der Waals surface area contributed by atoms with Gasteiger partial charge in [-0.1, -0.05) is 30.3 Å². The third-order valence-electron chi connectivity index (χ3n) is 4.12. The average molecular weight is 307 g/mol. The number of nitrogens with one attached hydrogen (secondary N) is 2. The molecule has 0 spiro atoms. The van der Waals surface area contributed by atoms with Gasteiger partial charge in [0, 0.05) is 6.42 Å². The summed E-state index contributed by atoms with van der Waals surface area (Å²) in [7, 11) is 0. The van der Waals surface area contributed by atoms with E-state index in [1.165, 1.54) is 0 Å². The first-order chi connectivity index (χ1) is 11.2. The van der Waals surface area contributed by atoms with Crippen LogP contribution in [0.3, 0.4) is 0 Å². The minimum Gasteiger partial charge on any atom is -0.480 e. The smallest absolute Gasteiger partial charge is 0.262 e. The molecule has 1 amide bonds. The number of amides is 1. The molecule has 0 saturated carbocycles. The molecule has 0 aliphatic carbocycles. The van der Waals surface area contributed by atoms with Crippen molar-refractivity contribution < 1.29 is 9.53 Å². The van der Waals surface area contributed by atoms with Gasteiger partial charge in [0.05, 0.1) is 17.1 Å². The number of aromatic amines is 1. The lowest BCUT2D eigenvalue weighted by Crippen LogP contribution is -2.39. The van der Waals surface area contributed by atoms with Crippen molar-refractivity contribution in [2.75, 3.05) is 0 Å². The highest BCUT2D eigenvalue weighted by molar-refractivity contribution is 5.83. The number of hydrogen-bond donors (Lipinski definition) is 2. The minimum absolute atomic E-state index is 0.117. The number of carbonyl (C=O) groups is 1. The second-order valence-electron chi connectivity index (χ2n) is 5.79. The number of aromatic nitrogens is 2. The van der Waals surface area contributed by atoms with Crippen LogP contribution >= 0.6 is 0 Å². The number of H-pyrrole nitrogens is 1. The Labute approximate surface area is 133 Å². The molecule has 116 valence electrons. The number of rotatable bonds is 3. The van der Waals surface area contributed by atoms with Gasteiger partial charge in [0.1, 0.15) is 11.6 Å². The van der Waals surface area contributed by atoms with Gasteiger partial charge >= 0.3 is 0 Å². The molecule has 3 aromatic rings. The van der Waals surface area contributed by atoms with E-state index in [-0.39, 0.29) is 11.9 Å². The monoisotopic (exact) mass is 307 g/mol. The second-order valence-corrected chi connectivity index (χ2v) is 5.79. The number of ether oxygens (including phenoxy) is 1. The van der Waals surface area contributed by atoms with Gasteiger partial charge in [-0.05, 0) is 30.7 Å². The molecule has 0 fully saturated rings. The first-order valence-electron chi connectivity index (χ1n) is 7.70. The van der Waals surface area contributed by atoms with Crippen molar-refractivity contribution >= 4 is 16.9 Å². The van der Waals surface area contributed by atoms with Crippen LogP contribution in [0.2, 0.25) is 0 Å². The largest absolute Gasteiger partial charge is 0.480 e. The summed E-state index contributed by atoms with van der Waals surface area (Å²) < 4.78 is 5.72. The molecular formula is C18H17N3O2. The molecule has 1 unspecified atom stereocenters. The van der Waals surface area contributed by atoms with Gasteiger partial charge in [-0.2, -0.15) is 0 Å². The number of carbonyl (C=O) groups excluding carboxylic acids is 1. The van der Waals surface area contributed by atoms with Crippen LogP contribution < -0.4 is 10.1 Å². The van der Waals surface area contributed by atoms with Gasteiger partial charge in [-0.25, -0.2) is 4.98 Å². The van der Waals surface area contributed by atoms with E-state index in [2.05, 4.69) is 15.3 Å². The fourth-order valence-electron chi connectivity index (χ4n) is 2.88. The molecule has 23 heavy (non-hydrogen) atoms. The molecule has 5 nitrogen and oxygen atoms in total. The van der Waals surface area contributed by atoms with Crippen LogP contribution in [-0.4, -0.2) is 22.0 Å². The SMILES string of the molecule is C[C@H](NC(=O)C1Cc2ccccc2O1)c1nc2ccccc2[nH]1. The van der Waals surface area contributed by atoms with Gasteiger partial charge in [-0.15, -0.1) is 0 Å². The summed E-state index contributed by atoms with van der Waals surface area (Å²) in [5.41, 5.74) is 2.94. The molecule has 0 radical (unpaired) electrons. The Balaban J connectivity index is 1.46. The van der Waals surface area contributed by atoms with Crippen molar-refractivity contribution in [1.82, 2.24) is 15.3 Å². The second kappa shape index (κ2) is 5.43. The maximum absolute atomic E-state index is 12.4. The lowest BCUT2D eigenvalue weighted by atomic mass is 10.1. The van der Waals surface area contributed by atoms with Crippen molar-refractivity contribution in [3.05, 3.63) is 59.9 Å². The zero-order valence-electron chi connectivity index (χ0n) is 12.7. The van der Waals surface area contributed by atoms with Crippen LogP contribution in [0, 0.1) is 0 Å². The van der Waals surface area contributed by atoms with E-state index in [1.807, 2.05) is 55.5 Å². The summed E-state index contributed by atoms with van der Waals surface area (Å²) in [6, 6.07) is 15.4. The Bertz CT molecular complexity index is 813. The maximum atomic E-state index is 12.4. The Morgan fingerprint density at radius 2 is 2.04 bits per heavy atom. The Hall–Kier alpha value is -2.82. The first-order valence-corrected chi connectivity index (χ1v) is 7.70. The van der Waals surface area contributed by atoms with Crippen molar-refractivity contribution in [2.45, 2.75) is 25.5 Å². The lowest BCUT2D eigenvalue weighted by Gasteiger charge is -2.15. The summed E-state index contributed by atoms with van der Waals surface area (Å²) >= 11 is 0. The maximum Gasteiger partial charge on any atom is 0.262 e. The minimum atomic E-state index is -0.473. The predicted octanol–water partition coefficient (Wildman–Crippen LogP) is 2.74. The number of para-hydroxylation sites is 3. The molecule has 2 heterocycles. The molecule has 2 atom stereocenters. The summed E-state index contributed by atoms with van der Waals surface area (Å²) in [5, 5.41) is 2.98. The van der Waals surface area contributed by atoms with E-state index in [4.69, 9.17) is 4.74 Å². The Kier molecular flexibility index (Phi) is 3.26. The van der Waals surface area contributed by atoms with Crippen molar-refractivity contribution in [1.29, 1.82) is 0 Å². The number of imidazole rings is 1. The van der Waals surface area contributed by atoms with E-state index in [1.54, 1.807) is 0 Å². The predicted molar refractivity (Wildman–Crippen MR) is 87.2 cm³/mol. The molecule has 1 aromatic heterocycles. The van der Waals surface area contributed by atoms with Crippen molar-refractivity contribution in [2.24, 2.45) is 0 Å². The van der Waals surface area contributed by atoms with E-state index >= 15 is 0 Å². The molecule has 0 bridgehead atoms. The highest BCUT2D eigenvalue weighted by Gasteiger charge is 2.30. The summed E-state index contributed by atoms with van der Waals surface area (Å²) in [6.07, 6.45) is 0.133. The van der Waals surface area contributed by atoms with Gasteiger partial charge in [0.25, 0.3) is 5.91 Å². The average Bonchev–Trinajstić information content (AvgIpc) is 3.18. The fraction of sp³-hybridized carbons (Fsp3) is 0.222. The van der Waals surface area contributed by atoms with Crippen LogP contribution in [-0.2, 0) is 11.2 Å².